The van der Waals surface area contributed by atoms with Gasteiger partial charge in [0.25, 0.3) is 5.91 Å². The number of carbonyl (C=O) groups is 1. The van der Waals surface area contributed by atoms with Crippen LogP contribution in [-0.2, 0) is 4.79 Å². The van der Waals surface area contributed by atoms with Crippen molar-refractivity contribution in [1.29, 1.82) is 0 Å². The normalized spacial score (nSPS) is 13.0. The molecule has 0 fully saturated rings. The zero-order valence-corrected chi connectivity index (χ0v) is 15.6. The van der Waals surface area contributed by atoms with Crippen LogP contribution in [0.4, 0.5) is 0 Å². The Bertz CT molecular complexity index is 710. The Morgan fingerprint density at radius 3 is 2.36 bits per heavy atom. The highest BCUT2D eigenvalue weighted by atomic mass is 16.5. The summed E-state index contributed by atoms with van der Waals surface area (Å²) in [4.78, 5) is 12.6. The largest absolute Gasteiger partial charge is 0.497 e. The second kappa shape index (κ2) is 8.56. The number of nitrogens with one attached hydrogen (secondary N) is 1. The lowest BCUT2D eigenvalue weighted by atomic mass is 10.1. The molecule has 0 saturated carbocycles. The monoisotopic (exact) mass is 341 g/mol. The highest BCUT2D eigenvalue weighted by Crippen LogP contribution is 2.22. The summed E-state index contributed by atoms with van der Waals surface area (Å²) < 4.78 is 11.1. The molecule has 0 aliphatic heterocycles. The molecule has 25 heavy (non-hydrogen) atoms. The van der Waals surface area contributed by atoms with Crippen LogP contribution in [0.5, 0.6) is 11.5 Å². The van der Waals surface area contributed by atoms with Gasteiger partial charge in [-0.3, -0.25) is 4.79 Å². The van der Waals surface area contributed by atoms with Gasteiger partial charge in [-0.2, -0.15) is 0 Å². The van der Waals surface area contributed by atoms with Gasteiger partial charge < -0.3 is 14.8 Å². The van der Waals surface area contributed by atoms with Crippen molar-refractivity contribution in [1.82, 2.24) is 5.32 Å². The summed E-state index contributed by atoms with van der Waals surface area (Å²) in [6.45, 7) is 7.94. The van der Waals surface area contributed by atoms with E-state index in [1.807, 2.05) is 64.1 Å². The first-order valence-electron chi connectivity index (χ1n) is 8.62. The third kappa shape index (κ3) is 4.99. The van der Waals surface area contributed by atoms with Crippen molar-refractivity contribution in [2.75, 3.05) is 7.11 Å². The van der Waals surface area contributed by atoms with E-state index in [0.29, 0.717) is 6.42 Å². The molecule has 0 radical (unpaired) electrons. The van der Waals surface area contributed by atoms with Crippen LogP contribution in [-0.4, -0.2) is 19.1 Å². The van der Waals surface area contributed by atoms with Crippen molar-refractivity contribution in [3.63, 3.8) is 0 Å². The van der Waals surface area contributed by atoms with Crippen molar-refractivity contribution >= 4 is 5.91 Å². The summed E-state index contributed by atoms with van der Waals surface area (Å²) in [7, 11) is 1.64. The van der Waals surface area contributed by atoms with Gasteiger partial charge in [-0.15, -0.1) is 0 Å². The molecule has 4 nitrogen and oxygen atoms in total. The molecule has 4 heteroatoms. The number of benzene rings is 2. The Balaban J connectivity index is 2.03. The van der Waals surface area contributed by atoms with Gasteiger partial charge in [0.05, 0.1) is 13.2 Å². The number of hydrogen-bond acceptors (Lipinski definition) is 3. The van der Waals surface area contributed by atoms with Crippen molar-refractivity contribution in [3.05, 3.63) is 59.2 Å². The van der Waals surface area contributed by atoms with E-state index in [4.69, 9.17) is 9.47 Å². The van der Waals surface area contributed by atoms with Crippen LogP contribution in [0, 0.1) is 13.8 Å². The van der Waals surface area contributed by atoms with Gasteiger partial charge in [0, 0.05) is 0 Å². The van der Waals surface area contributed by atoms with Crippen LogP contribution >= 0.6 is 0 Å². The van der Waals surface area contributed by atoms with E-state index in [9.17, 15) is 4.79 Å². The summed E-state index contributed by atoms with van der Waals surface area (Å²) in [5, 5.41) is 3.03. The van der Waals surface area contributed by atoms with E-state index in [1.165, 1.54) is 5.56 Å². The average molecular weight is 341 g/mol. The minimum Gasteiger partial charge on any atom is -0.497 e. The van der Waals surface area contributed by atoms with Crippen LogP contribution in [0.15, 0.2) is 42.5 Å². The van der Waals surface area contributed by atoms with Crippen LogP contribution in [0.25, 0.3) is 0 Å². The molecule has 0 saturated heterocycles. The fraction of sp³-hybridized carbons (Fsp3) is 0.381. The fourth-order valence-electron chi connectivity index (χ4n) is 2.69. The third-order valence-corrected chi connectivity index (χ3v) is 4.24. The summed E-state index contributed by atoms with van der Waals surface area (Å²) in [6, 6.07) is 13.6. The van der Waals surface area contributed by atoms with Crippen LogP contribution < -0.4 is 14.8 Å². The standard InChI is InChI=1S/C21H27NO3/c1-6-19(25-20-12-7-14(2)13-15(20)3)21(23)22-16(4)17-8-10-18(24-5)11-9-17/h7-13,16,19H,6H2,1-5H3,(H,22,23)/t16-,19+/m1/s1. The van der Waals surface area contributed by atoms with Gasteiger partial charge in [0.15, 0.2) is 6.10 Å². The highest BCUT2D eigenvalue weighted by molar-refractivity contribution is 5.81. The SMILES string of the molecule is CC[C@H](Oc1ccc(C)cc1C)C(=O)N[C@H](C)c1ccc(OC)cc1. The first-order chi connectivity index (χ1) is 11.9. The van der Waals surface area contributed by atoms with Gasteiger partial charge in [0.2, 0.25) is 0 Å². The minimum absolute atomic E-state index is 0.102. The molecule has 0 aliphatic carbocycles. The van der Waals surface area contributed by atoms with E-state index >= 15 is 0 Å². The van der Waals surface area contributed by atoms with E-state index in [-0.39, 0.29) is 11.9 Å². The van der Waals surface area contributed by atoms with Gasteiger partial charge in [-0.05, 0) is 56.5 Å². The highest BCUT2D eigenvalue weighted by Gasteiger charge is 2.21. The Kier molecular flexibility index (Phi) is 6.45. The predicted octanol–water partition coefficient (Wildman–Crippen LogP) is 4.35. The molecule has 2 aromatic rings. The maximum Gasteiger partial charge on any atom is 0.261 e. The van der Waals surface area contributed by atoms with Gasteiger partial charge in [-0.25, -0.2) is 0 Å². The van der Waals surface area contributed by atoms with Crippen molar-refractivity contribution < 1.29 is 14.3 Å². The second-order valence-electron chi connectivity index (χ2n) is 6.29. The zero-order chi connectivity index (χ0) is 18.4. The molecular weight excluding hydrogens is 314 g/mol. The molecule has 0 unspecified atom stereocenters. The van der Waals surface area contributed by atoms with Crippen molar-refractivity contribution in [3.8, 4) is 11.5 Å². The number of hydrogen-bond donors (Lipinski definition) is 1. The van der Waals surface area contributed by atoms with E-state index in [1.54, 1.807) is 7.11 Å². The zero-order valence-electron chi connectivity index (χ0n) is 15.6. The number of amides is 1. The Hall–Kier alpha value is -2.49. The Labute approximate surface area is 150 Å². The van der Waals surface area contributed by atoms with Crippen LogP contribution in [0.3, 0.4) is 0 Å². The molecule has 134 valence electrons. The molecule has 0 spiro atoms. The average Bonchev–Trinajstić information content (AvgIpc) is 2.61. The number of methoxy groups -OCH3 is 1. The second-order valence-corrected chi connectivity index (χ2v) is 6.29. The number of rotatable bonds is 7. The molecular formula is C21H27NO3. The molecule has 0 aliphatic rings. The van der Waals surface area contributed by atoms with Gasteiger partial charge in [-0.1, -0.05) is 36.8 Å². The Morgan fingerprint density at radius 2 is 1.80 bits per heavy atom. The Morgan fingerprint density at radius 1 is 1.12 bits per heavy atom. The van der Waals surface area contributed by atoms with E-state index in [0.717, 1.165) is 22.6 Å². The number of aryl methyl sites for hydroxylation is 2. The topological polar surface area (TPSA) is 47.6 Å². The maximum atomic E-state index is 12.6. The smallest absolute Gasteiger partial charge is 0.261 e. The predicted molar refractivity (Wildman–Crippen MR) is 100 cm³/mol. The first-order valence-corrected chi connectivity index (χ1v) is 8.62. The molecule has 0 aromatic heterocycles. The van der Waals surface area contributed by atoms with Crippen LogP contribution in [0.2, 0.25) is 0 Å². The number of ether oxygens (including phenoxy) is 2. The lowest BCUT2D eigenvalue weighted by molar-refractivity contribution is -0.128. The quantitative estimate of drug-likeness (QED) is 0.814. The molecule has 0 heterocycles. The lowest BCUT2D eigenvalue weighted by Gasteiger charge is -2.22. The molecule has 2 atom stereocenters. The third-order valence-electron chi connectivity index (χ3n) is 4.24. The fourth-order valence-corrected chi connectivity index (χ4v) is 2.69. The lowest BCUT2D eigenvalue weighted by Crippen LogP contribution is -2.39. The van der Waals surface area contributed by atoms with E-state index < -0.39 is 6.10 Å². The minimum atomic E-state index is -0.512. The molecule has 2 rings (SSSR count). The van der Waals surface area contributed by atoms with E-state index in [2.05, 4.69) is 11.4 Å². The summed E-state index contributed by atoms with van der Waals surface area (Å²) in [6.07, 6.45) is 0.0937. The van der Waals surface area contributed by atoms with Crippen molar-refractivity contribution in [2.45, 2.75) is 46.3 Å². The first kappa shape index (κ1) is 18.8. The maximum absolute atomic E-state index is 12.6. The number of carbonyl (C=O) groups excluding carboxylic acids is 1. The van der Waals surface area contributed by atoms with Crippen molar-refractivity contribution in [2.24, 2.45) is 0 Å². The summed E-state index contributed by atoms with van der Waals surface area (Å²) in [5.74, 6) is 1.45. The summed E-state index contributed by atoms with van der Waals surface area (Å²) in [5.41, 5.74) is 3.24. The van der Waals surface area contributed by atoms with Gasteiger partial charge >= 0.3 is 0 Å². The molecule has 1 N–H and O–H groups in total. The summed E-state index contributed by atoms with van der Waals surface area (Å²) >= 11 is 0. The molecule has 2 aromatic carbocycles. The van der Waals surface area contributed by atoms with Gasteiger partial charge in [0.1, 0.15) is 11.5 Å². The molecule has 0 bridgehead atoms. The van der Waals surface area contributed by atoms with Crippen LogP contribution in [0.1, 0.15) is 43.0 Å². The molecule has 1 amide bonds.